The van der Waals surface area contributed by atoms with E-state index in [2.05, 4.69) is 50.3 Å². The summed E-state index contributed by atoms with van der Waals surface area (Å²) in [7, 11) is -1.57. The van der Waals surface area contributed by atoms with Gasteiger partial charge in [0.25, 0.3) is 0 Å². The summed E-state index contributed by atoms with van der Waals surface area (Å²) >= 11 is 2.54. The molecule has 0 unspecified atom stereocenters. The fraction of sp³-hybridized carbons (Fsp3) is 1.00. The molecule has 0 heterocycles. The van der Waals surface area contributed by atoms with Gasteiger partial charge >= 0.3 is 9.28 Å². The molecule has 102 valence electrons. The predicted octanol–water partition coefficient (Wildman–Crippen LogP) is 4.20. The lowest BCUT2D eigenvalue weighted by molar-refractivity contribution is 0.105. The van der Waals surface area contributed by atoms with Crippen molar-refractivity contribution in [2.75, 3.05) is 4.43 Å². The van der Waals surface area contributed by atoms with E-state index in [-0.39, 0.29) is 0 Å². The van der Waals surface area contributed by atoms with Crippen molar-refractivity contribution in [2.45, 2.75) is 77.0 Å². The Bertz CT molecular complexity index is 205. The third-order valence-corrected chi connectivity index (χ3v) is 9.12. The molecule has 0 N–H and O–H groups in total. The molecule has 1 saturated carbocycles. The maximum absolute atomic E-state index is 6.21. The Kier molecular flexibility index (Phi) is 6.98. The van der Waals surface area contributed by atoms with Crippen LogP contribution in [0.15, 0.2) is 0 Å². The van der Waals surface area contributed by atoms with E-state index in [1.807, 2.05) is 0 Å². The Morgan fingerprint density at radius 2 is 1.47 bits per heavy atom. The fourth-order valence-corrected chi connectivity index (χ4v) is 6.98. The normalized spacial score (nSPS) is 20.5. The van der Waals surface area contributed by atoms with Crippen LogP contribution in [0.2, 0.25) is 5.04 Å². The monoisotopic (exact) mass is 370 g/mol. The zero-order valence-electron chi connectivity index (χ0n) is 11.7. The van der Waals surface area contributed by atoms with Crippen molar-refractivity contribution in [1.29, 1.82) is 0 Å². The van der Waals surface area contributed by atoms with Gasteiger partial charge in [0.05, 0.1) is 0 Å². The van der Waals surface area contributed by atoms with Crippen LogP contribution in [0.3, 0.4) is 0 Å². The van der Waals surface area contributed by atoms with Crippen molar-refractivity contribution in [3.05, 3.63) is 0 Å². The van der Waals surface area contributed by atoms with Gasteiger partial charge in [-0.2, -0.15) is 0 Å². The van der Waals surface area contributed by atoms with Crippen molar-refractivity contribution >= 4 is 31.9 Å². The lowest BCUT2D eigenvalue weighted by atomic mass is 9.90. The van der Waals surface area contributed by atoms with E-state index in [9.17, 15) is 0 Å². The highest BCUT2D eigenvalue weighted by atomic mass is 127. The number of rotatable bonds is 6. The molecule has 0 atom stereocenters. The van der Waals surface area contributed by atoms with Gasteiger partial charge in [0.1, 0.15) is 0 Å². The quantitative estimate of drug-likeness (QED) is 0.396. The third-order valence-electron chi connectivity index (χ3n) is 3.41. The standard InChI is InChI=1S/C13H27IO2Si/c1-11(2)15-17(16-12(3)4)13(10-14)8-6-5-7-9-13/h11-12,17H,5-10H2,1-4H3. The van der Waals surface area contributed by atoms with Crippen molar-refractivity contribution < 1.29 is 8.85 Å². The van der Waals surface area contributed by atoms with Crippen LogP contribution in [-0.4, -0.2) is 25.9 Å². The molecule has 1 aliphatic carbocycles. The van der Waals surface area contributed by atoms with E-state index in [0.717, 1.165) is 0 Å². The third kappa shape index (κ3) is 4.80. The summed E-state index contributed by atoms with van der Waals surface area (Å²) in [6, 6.07) is 0. The van der Waals surface area contributed by atoms with Gasteiger partial charge in [-0.1, -0.05) is 41.9 Å². The first-order chi connectivity index (χ1) is 8.00. The summed E-state index contributed by atoms with van der Waals surface area (Å²) in [6.07, 6.45) is 7.33. The van der Waals surface area contributed by atoms with E-state index in [4.69, 9.17) is 8.85 Å². The van der Waals surface area contributed by atoms with Crippen LogP contribution in [0.4, 0.5) is 0 Å². The second-order valence-corrected chi connectivity index (χ2v) is 8.95. The zero-order chi connectivity index (χ0) is 12.9. The molecule has 0 spiro atoms. The highest BCUT2D eigenvalue weighted by Gasteiger charge is 2.44. The van der Waals surface area contributed by atoms with Crippen molar-refractivity contribution in [3.8, 4) is 0 Å². The van der Waals surface area contributed by atoms with Gasteiger partial charge in [-0.3, -0.25) is 0 Å². The molecular weight excluding hydrogens is 343 g/mol. The van der Waals surface area contributed by atoms with E-state index in [1.54, 1.807) is 0 Å². The number of alkyl halides is 1. The second-order valence-electron chi connectivity index (χ2n) is 5.76. The van der Waals surface area contributed by atoms with Crippen LogP contribution in [0.5, 0.6) is 0 Å². The molecule has 0 aromatic rings. The molecule has 1 fully saturated rings. The summed E-state index contributed by atoms with van der Waals surface area (Å²) in [5.41, 5.74) is 0. The smallest absolute Gasteiger partial charge is 0.329 e. The largest absolute Gasteiger partial charge is 0.394 e. The molecule has 17 heavy (non-hydrogen) atoms. The lowest BCUT2D eigenvalue weighted by Gasteiger charge is -2.41. The first-order valence-electron chi connectivity index (χ1n) is 6.87. The van der Waals surface area contributed by atoms with E-state index in [0.29, 0.717) is 17.2 Å². The molecule has 1 rings (SSSR count). The van der Waals surface area contributed by atoms with Gasteiger partial charge in [-0.15, -0.1) is 0 Å². The summed E-state index contributed by atoms with van der Waals surface area (Å²) in [4.78, 5) is 0. The van der Waals surface area contributed by atoms with Crippen LogP contribution in [0, 0.1) is 0 Å². The molecule has 0 bridgehead atoms. The zero-order valence-corrected chi connectivity index (χ0v) is 15.0. The number of hydrogen-bond donors (Lipinski definition) is 0. The molecule has 0 radical (unpaired) electrons. The van der Waals surface area contributed by atoms with Gasteiger partial charge in [0, 0.05) is 21.7 Å². The highest BCUT2D eigenvalue weighted by Crippen LogP contribution is 2.48. The molecule has 0 aromatic heterocycles. The molecule has 0 amide bonds. The predicted molar refractivity (Wildman–Crippen MR) is 84.3 cm³/mol. The average Bonchev–Trinajstić information content (AvgIpc) is 2.28. The first kappa shape index (κ1) is 15.9. The van der Waals surface area contributed by atoms with Gasteiger partial charge in [-0.05, 0) is 40.5 Å². The molecular formula is C13H27IO2Si. The molecule has 0 saturated heterocycles. The van der Waals surface area contributed by atoms with Gasteiger partial charge < -0.3 is 8.85 Å². The molecule has 0 aliphatic heterocycles. The Labute approximate surface area is 122 Å². The van der Waals surface area contributed by atoms with E-state index in [1.165, 1.54) is 36.5 Å². The molecule has 2 nitrogen and oxygen atoms in total. The summed E-state index contributed by atoms with van der Waals surface area (Å²) < 4.78 is 13.6. The molecule has 4 heteroatoms. The summed E-state index contributed by atoms with van der Waals surface area (Å²) in [6.45, 7) is 8.53. The van der Waals surface area contributed by atoms with Gasteiger partial charge in [0.2, 0.25) is 0 Å². The van der Waals surface area contributed by atoms with Crippen LogP contribution in [-0.2, 0) is 8.85 Å². The lowest BCUT2D eigenvalue weighted by Crippen LogP contribution is -2.44. The van der Waals surface area contributed by atoms with Gasteiger partial charge in [0.15, 0.2) is 0 Å². The topological polar surface area (TPSA) is 18.5 Å². The van der Waals surface area contributed by atoms with E-state index >= 15 is 0 Å². The van der Waals surface area contributed by atoms with Crippen molar-refractivity contribution in [1.82, 2.24) is 0 Å². The number of hydrogen-bond acceptors (Lipinski definition) is 2. The summed E-state index contributed by atoms with van der Waals surface area (Å²) in [5.74, 6) is 0. The molecule has 0 aromatic carbocycles. The highest BCUT2D eigenvalue weighted by molar-refractivity contribution is 14.1. The van der Waals surface area contributed by atoms with Crippen molar-refractivity contribution in [3.63, 3.8) is 0 Å². The fourth-order valence-electron chi connectivity index (χ4n) is 2.50. The van der Waals surface area contributed by atoms with Crippen LogP contribution in [0.25, 0.3) is 0 Å². The minimum absolute atomic E-state index is 0.298. The Balaban J connectivity index is 2.75. The maximum Gasteiger partial charge on any atom is 0.329 e. The Morgan fingerprint density at radius 3 is 1.82 bits per heavy atom. The van der Waals surface area contributed by atoms with Crippen LogP contribution >= 0.6 is 22.6 Å². The Hall–Kier alpha value is 0.867. The second kappa shape index (κ2) is 7.45. The SMILES string of the molecule is CC(C)O[SiH](OC(C)C)C1(CI)CCCCC1. The van der Waals surface area contributed by atoms with Gasteiger partial charge in [-0.25, -0.2) is 0 Å². The number of halogens is 1. The van der Waals surface area contributed by atoms with E-state index < -0.39 is 9.28 Å². The molecule has 1 aliphatic rings. The average molecular weight is 370 g/mol. The maximum atomic E-state index is 6.21. The van der Waals surface area contributed by atoms with Crippen molar-refractivity contribution in [2.24, 2.45) is 0 Å². The minimum atomic E-state index is -1.57. The minimum Gasteiger partial charge on any atom is -0.394 e. The Morgan fingerprint density at radius 1 is 1.00 bits per heavy atom. The summed E-state index contributed by atoms with van der Waals surface area (Å²) in [5, 5.41) is 0.382. The van der Waals surface area contributed by atoms with Crippen LogP contribution in [0.1, 0.15) is 59.8 Å². The first-order valence-corrected chi connectivity index (χ1v) is 9.91. The van der Waals surface area contributed by atoms with Crippen LogP contribution < -0.4 is 0 Å².